The van der Waals surface area contributed by atoms with Gasteiger partial charge < -0.3 is 10.2 Å². The molecule has 0 saturated carbocycles. The molecule has 0 atom stereocenters. The molecule has 2 aromatic heterocycles. The number of amides is 1. The Hall–Kier alpha value is -3.31. The second-order valence-corrected chi connectivity index (χ2v) is 9.56. The van der Waals surface area contributed by atoms with Crippen molar-refractivity contribution in [3.63, 3.8) is 0 Å². The number of fused-ring (bicyclic) bond motifs is 1. The molecule has 168 valence electrons. The molecule has 0 aliphatic carbocycles. The molecule has 11 heteroatoms. The van der Waals surface area contributed by atoms with Crippen molar-refractivity contribution in [1.29, 1.82) is 0 Å². The summed E-state index contributed by atoms with van der Waals surface area (Å²) in [5.41, 5.74) is -0.214. The summed E-state index contributed by atoms with van der Waals surface area (Å²) in [5.74, 6) is 0.0900. The minimum absolute atomic E-state index is 0.0551. The highest BCUT2D eigenvalue weighted by atomic mass is 32.2. The molecule has 32 heavy (non-hydrogen) atoms. The monoisotopic (exact) mass is 456 g/mol. The summed E-state index contributed by atoms with van der Waals surface area (Å²) < 4.78 is 28.0. The zero-order valence-corrected chi connectivity index (χ0v) is 18.5. The third-order valence-corrected chi connectivity index (χ3v) is 7.29. The van der Waals surface area contributed by atoms with Crippen molar-refractivity contribution in [1.82, 2.24) is 24.4 Å². The zero-order chi connectivity index (χ0) is 22.7. The minimum Gasteiger partial charge on any atom is -0.354 e. The number of hydrogen-bond donors (Lipinski definition) is 1. The van der Waals surface area contributed by atoms with Crippen LogP contribution in [0.4, 0.5) is 5.82 Å². The summed E-state index contributed by atoms with van der Waals surface area (Å²) in [7, 11) is -2.06. The van der Waals surface area contributed by atoms with Gasteiger partial charge in [0.15, 0.2) is 5.69 Å². The van der Waals surface area contributed by atoms with Gasteiger partial charge in [-0.3, -0.25) is 9.59 Å². The van der Waals surface area contributed by atoms with Crippen molar-refractivity contribution in [2.75, 3.05) is 43.4 Å². The first kappa shape index (κ1) is 21.9. The van der Waals surface area contributed by atoms with Crippen molar-refractivity contribution in [2.24, 2.45) is 7.05 Å². The maximum Gasteiger partial charge on any atom is 0.274 e. The number of carbonyl (C=O) groups is 1. The number of rotatable bonds is 6. The lowest BCUT2D eigenvalue weighted by Gasteiger charge is -2.34. The fourth-order valence-electron chi connectivity index (χ4n) is 3.71. The number of aromatic nitrogens is 3. The summed E-state index contributed by atoms with van der Waals surface area (Å²) in [6, 6.07) is 12.3. The van der Waals surface area contributed by atoms with Crippen molar-refractivity contribution < 1.29 is 13.2 Å². The third-order valence-electron chi connectivity index (χ3n) is 5.42. The SMILES string of the molecule is Cn1nc(C(=O)NCCS(=O)(=O)N2CCN(c3ccccn3)CC2)c2ccccc2c1=O. The van der Waals surface area contributed by atoms with Crippen LogP contribution in [0, 0.1) is 0 Å². The van der Waals surface area contributed by atoms with Gasteiger partial charge in [0.1, 0.15) is 5.82 Å². The van der Waals surface area contributed by atoms with Gasteiger partial charge in [0, 0.05) is 51.4 Å². The van der Waals surface area contributed by atoms with Gasteiger partial charge in [-0.25, -0.2) is 18.1 Å². The molecular weight excluding hydrogens is 432 g/mol. The molecule has 3 aromatic rings. The topological polar surface area (TPSA) is 118 Å². The van der Waals surface area contributed by atoms with Crippen LogP contribution in [0.2, 0.25) is 0 Å². The van der Waals surface area contributed by atoms with E-state index in [1.165, 1.54) is 11.4 Å². The first-order chi connectivity index (χ1) is 15.4. The summed E-state index contributed by atoms with van der Waals surface area (Å²) in [5, 5.41) is 7.50. The number of nitrogens with zero attached hydrogens (tertiary/aromatic N) is 5. The van der Waals surface area contributed by atoms with Gasteiger partial charge in [-0.2, -0.15) is 9.40 Å². The molecule has 4 rings (SSSR count). The van der Waals surface area contributed by atoms with Gasteiger partial charge in [0.2, 0.25) is 10.0 Å². The maximum absolute atomic E-state index is 12.7. The zero-order valence-electron chi connectivity index (χ0n) is 17.6. The van der Waals surface area contributed by atoms with Crippen molar-refractivity contribution >= 4 is 32.5 Å². The average Bonchev–Trinajstić information content (AvgIpc) is 2.82. The molecule has 1 amide bonds. The van der Waals surface area contributed by atoms with E-state index >= 15 is 0 Å². The second kappa shape index (κ2) is 9.05. The van der Waals surface area contributed by atoms with Gasteiger partial charge in [0.25, 0.3) is 11.5 Å². The molecule has 0 unspecified atom stereocenters. The molecule has 1 N–H and O–H groups in total. The Balaban J connectivity index is 1.36. The summed E-state index contributed by atoms with van der Waals surface area (Å²) in [6.07, 6.45) is 1.71. The number of carbonyl (C=O) groups excluding carboxylic acids is 1. The highest BCUT2D eigenvalue weighted by molar-refractivity contribution is 7.89. The van der Waals surface area contributed by atoms with Crippen molar-refractivity contribution in [2.45, 2.75) is 0 Å². The molecule has 0 spiro atoms. The Morgan fingerprint density at radius 1 is 1.03 bits per heavy atom. The van der Waals surface area contributed by atoms with E-state index in [0.717, 1.165) is 10.5 Å². The van der Waals surface area contributed by atoms with Crippen LogP contribution in [-0.4, -0.2) is 71.9 Å². The van der Waals surface area contributed by atoms with Crippen molar-refractivity contribution in [3.8, 4) is 0 Å². The summed E-state index contributed by atoms with van der Waals surface area (Å²) >= 11 is 0. The van der Waals surface area contributed by atoms with Gasteiger partial charge in [0.05, 0.1) is 11.1 Å². The van der Waals surface area contributed by atoms with E-state index in [9.17, 15) is 18.0 Å². The second-order valence-electron chi connectivity index (χ2n) is 7.47. The van der Waals surface area contributed by atoms with Gasteiger partial charge in [-0.15, -0.1) is 0 Å². The van der Waals surface area contributed by atoms with E-state index in [0.29, 0.717) is 37.0 Å². The Kier molecular flexibility index (Phi) is 6.19. The number of aryl methyl sites for hydroxylation is 1. The number of piperazine rings is 1. The average molecular weight is 457 g/mol. The molecule has 0 bridgehead atoms. The molecule has 1 aliphatic heterocycles. The lowest BCUT2D eigenvalue weighted by molar-refractivity contribution is 0.0951. The van der Waals surface area contributed by atoms with Crippen LogP contribution in [0.1, 0.15) is 10.5 Å². The number of sulfonamides is 1. The van der Waals surface area contributed by atoms with Gasteiger partial charge >= 0.3 is 0 Å². The number of anilines is 1. The maximum atomic E-state index is 12.7. The van der Waals surface area contributed by atoms with E-state index in [-0.39, 0.29) is 23.6 Å². The van der Waals surface area contributed by atoms with Crippen molar-refractivity contribution in [3.05, 3.63) is 64.7 Å². The first-order valence-electron chi connectivity index (χ1n) is 10.2. The predicted molar refractivity (Wildman–Crippen MR) is 121 cm³/mol. The summed E-state index contributed by atoms with van der Waals surface area (Å²) in [6.45, 7) is 1.77. The minimum atomic E-state index is -3.53. The smallest absolute Gasteiger partial charge is 0.274 e. The fourth-order valence-corrected chi connectivity index (χ4v) is 5.05. The highest BCUT2D eigenvalue weighted by Crippen LogP contribution is 2.15. The van der Waals surface area contributed by atoms with E-state index < -0.39 is 15.9 Å². The van der Waals surface area contributed by atoms with Gasteiger partial charge in [-0.05, 0) is 18.2 Å². The number of benzene rings is 1. The predicted octanol–water partition coefficient (Wildman–Crippen LogP) is 0.210. The van der Waals surface area contributed by atoms with Crippen LogP contribution in [0.15, 0.2) is 53.5 Å². The normalized spacial score (nSPS) is 15.1. The van der Waals surface area contributed by atoms with Gasteiger partial charge in [-0.1, -0.05) is 24.3 Å². The van der Waals surface area contributed by atoms with Crippen LogP contribution in [0.25, 0.3) is 10.8 Å². The Bertz CT molecular complexity index is 1280. The molecular formula is C21H24N6O4S. The molecule has 1 fully saturated rings. The van der Waals surface area contributed by atoms with E-state index in [2.05, 4.69) is 15.4 Å². The molecule has 1 saturated heterocycles. The Morgan fingerprint density at radius 2 is 1.72 bits per heavy atom. The van der Waals surface area contributed by atoms with E-state index in [1.807, 2.05) is 23.1 Å². The standard InChI is InChI=1S/C21H24N6O4S/c1-25-21(29)17-7-3-2-6-16(17)19(24-25)20(28)23-10-15-32(30,31)27-13-11-26(12-14-27)18-8-4-5-9-22-18/h2-9H,10-15H2,1H3,(H,23,28). The molecule has 1 aliphatic rings. The summed E-state index contributed by atoms with van der Waals surface area (Å²) in [4.78, 5) is 31.2. The highest BCUT2D eigenvalue weighted by Gasteiger charge is 2.27. The largest absolute Gasteiger partial charge is 0.354 e. The fraction of sp³-hybridized carbons (Fsp3) is 0.333. The first-order valence-corrected chi connectivity index (χ1v) is 11.9. The number of pyridine rings is 1. The number of hydrogen-bond acceptors (Lipinski definition) is 7. The van der Waals surface area contributed by atoms with Crippen LogP contribution < -0.4 is 15.8 Å². The van der Waals surface area contributed by atoms with Crippen LogP contribution in [0.3, 0.4) is 0 Å². The molecule has 0 radical (unpaired) electrons. The molecule has 3 heterocycles. The Labute approximate surface area is 185 Å². The third kappa shape index (κ3) is 4.48. The lowest BCUT2D eigenvalue weighted by atomic mass is 10.1. The lowest BCUT2D eigenvalue weighted by Crippen LogP contribution is -2.50. The van der Waals surface area contributed by atoms with E-state index in [1.54, 1.807) is 30.5 Å². The van der Waals surface area contributed by atoms with Crippen LogP contribution in [-0.2, 0) is 17.1 Å². The van der Waals surface area contributed by atoms with Crippen LogP contribution >= 0.6 is 0 Å². The Morgan fingerprint density at radius 3 is 2.41 bits per heavy atom. The van der Waals surface area contributed by atoms with E-state index in [4.69, 9.17) is 0 Å². The molecule has 1 aromatic carbocycles. The quantitative estimate of drug-likeness (QED) is 0.563. The number of nitrogens with one attached hydrogen (secondary N) is 1. The van der Waals surface area contributed by atoms with Crippen LogP contribution in [0.5, 0.6) is 0 Å². The molecule has 10 nitrogen and oxygen atoms in total.